The van der Waals surface area contributed by atoms with Crippen LogP contribution in [0.3, 0.4) is 0 Å². The molecule has 2 aliphatic heterocycles. The predicted molar refractivity (Wildman–Crippen MR) is 502 cm³/mol. The van der Waals surface area contributed by atoms with E-state index in [0.717, 1.165) is 105 Å². The molecule has 17 nitrogen and oxygen atoms in total. The van der Waals surface area contributed by atoms with Gasteiger partial charge >= 0.3 is 35.8 Å². The first-order chi connectivity index (χ1) is 49.4. The number of ether oxygens (including phenoxy) is 7. The third-order valence-corrected chi connectivity index (χ3v) is 28.2. The lowest BCUT2D eigenvalue weighted by atomic mass is 9.47. The van der Waals surface area contributed by atoms with Crippen LogP contribution in [0.5, 0.6) is 17.2 Å². The number of phenols is 2. The van der Waals surface area contributed by atoms with Gasteiger partial charge in [-0.2, -0.15) is 0 Å². The van der Waals surface area contributed by atoms with Crippen molar-refractivity contribution >= 4 is 58.4 Å². The van der Waals surface area contributed by atoms with E-state index in [1.165, 1.54) is 56.1 Å². The molecule has 9 atom stereocenters. The summed E-state index contributed by atoms with van der Waals surface area (Å²) in [5.41, 5.74) is -1.98. The third kappa shape index (κ3) is 29.8. The summed E-state index contributed by atoms with van der Waals surface area (Å²) in [6.07, 6.45) is 22.7. The quantitative estimate of drug-likeness (QED) is 0.0515. The second-order valence-corrected chi connectivity index (χ2v) is 38.7. The van der Waals surface area contributed by atoms with Crippen molar-refractivity contribution in [2.45, 2.75) is 440 Å². The number of esters is 6. The molecule has 13 aliphatic rings. The van der Waals surface area contributed by atoms with Crippen LogP contribution < -0.4 is 4.74 Å². The van der Waals surface area contributed by atoms with Crippen LogP contribution in [0.4, 0.5) is 0 Å². The Bertz CT molecular complexity index is 3240. The van der Waals surface area contributed by atoms with Crippen molar-refractivity contribution in [1.29, 1.82) is 0 Å². The number of methoxy groups -OCH3 is 1. The molecule has 4 N–H and O–H groups in total. The number of aromatic hydroxyl groups is 2. The number of aliphatic hydroxyl groups is 2. The Balaban J connectivity index is -0.000000317. The van der Waals surface area contributed by atoms with Gasteiger partial charge in [0.2, 0.25) is 0 Å². The SMILES string of the molecule is C.C.C.C.C.C.C.C.C.C.C.C.CCC(C)(C)C(=O)OC1(C(C)C)C2CC3CC(C2)CC1C3.CCC(C)(C)C(=O)OC1(C(C)C)CCCC1.CCC(C)(C)C(=O)OC12CC3CC(O)(CC(O)(C3)C1)C2.CCC(C)(C)C(=O)OCC(=O)OC1C2CC3CC(C2)C(=O)OC1C3.CCC(C)c1cc(I)c(O)c(OC)c1.CCC(C)c1ccc(O)cc1. The second-order valence-electron chi connectivity index (χ2n) is 37.5. The van der Waals surface area contributed by atoms with Crippen LogP contribution in [0, 0.1) is 84.4 Å². The Morgan fingerprint density at radius 1 is 0.517 bits per heavy atom. The molecular weight excluding hydrogens is 1600 g/mol. The number of benzene rings is 2. The summed E-state index contributed by atoms with van der Waals surface area (Å²) in [5, 5.41) is 40.0. The minimum Gasteiger partial charge on any atom is -0.508 e. The van der Waals surface area contributed by atoms with Gasteiger partial charge in [0.25, 0.3) is 0 Å². The summed E-state index contributed by atoms with van der Waals surface area (Å²) in [7, 11) is 1.57. The zero-order valence-corrected chi connectivity index (χ0v) is 71.1. The zero-order valence-electron chi connectivity index (χ0n) is 68.9. The molecule has 9 unspecified atom stereocenters. The van der Waals surface area contributed by atoms with Gasteiger partial charge in [0.1, 0.15) is 34.8 Å². The molecule has 118 heavy (non-hydrogen) atoms. The van der Waals surface area contributed by atoms with Crippen molar-refractivity contribution in [1.82, 2.24) is 0 Å². The highest BCUT2D eigenvalue weighted by Gasteiger charge is 2.65. The minimum atomic E-state index is -0.842. The van der Waals surface area contributed by atoms with Gasteiger partial charge in [-0.15, -0.1) is 0 Å². The maximum absolute atomic E-state index is 12.8. The predicted octanol–water partition coefficient (Wildman–Crippen LogP) is 27.2. The van der Waals surface area contributed by atoms with Crippen LogP contribution >= 0.6 is 22.6 Å². The van der Waals surface area contributed by atoms with Gasteiger partial charge < -0.3 is 53.6 Å². The molecule has 0 amide bonds. The molecule has 11 saturated carbocycles. The zero-order chi connectivity index (χ0) is 79.1. The molecule has 15 rings (SSSR count). The van der Waals surface area contributed by atoms with Gasteiger partial charge in [-0.05, 0) is 314 Å². The number of halogens is 1. The van der Waals surface area contributed by atoms with Crippen LogP contribution in [0.15, 0.2) is 36.4 Å². The highest BCUT2D eigenvalue weighted by atomic mass is 127. The number of fused-ring (bicyclic) bond motifs is 1. The summed E-state index contributed by atoms with van der Waals surface area (Å²) < 4.78 is 40.3. The number of hydrogen-bond acceptors (Lipinski definition) is 17. The summed E-state index contributed by atoms with van der Waals surface area (Å²) in [6, 6.07) is 11.3. The molecule has 2 saturated heterocycles. The second kappa shape index (κ2) is 50.3. The topological polar surface area (TPSA) is 248 Å². The van der Waals surface area contributed by atoms with Crippen LogP contribution in [0.2, 0.25) is 0 Å². The lowest BCUT2D eigenvalue weighted by Crippen LogP contribution is -2.67. The summed E-state index contributed by atoms with van der Waals surface area (Å²) in [4.78, 5) is 73.4. The van der Waals surface area contributed by atoms with E-state index < -0.39 is 45.7 Å². The Morgan fingerprint density at radius 3 is 1.37 bits per heavy atom. The first kappa shape index (κ1) is 124. The van der Waals surface area contributed by atoms with E-state index in [0.29, 0.717) is 78.6 Å². The van der Waals surface area contributed by atoms with E-state index in [1.807, 2.05) is 86.6 Å². The Morgan fingerprint density at radius 2 is 0.949 bits per heavy atom. The third-order valence-electron chi connectivity index (χ3n) is 27.4. The number of phenolic OH excluding ortho intramolecular Hbond substituents is 2. The standard InChI is InChI=1S/C19H32O2.C18H26O6.C16H26O4.C14H26O2.C11H15IO2.C10H14O.12CH4/c1-6-18(4,5)17(20)21-19(12(2)3)15-8-13-7-14(10-15)11-16(19)9-13;1-4-18(2,3)17(21)22-9-14(19)24-15-11-5-10-6-12(8-11)16(20)23-13(15)7-10;1-4-13(2,3)12(17)20-16-7-11-5-14(18,9-16)8-15(19,6-11)10-16;1-6-13(4,5)12(15)16-14(11(2)3)9-7-8-10-14;1-4-7(2)8-5-9(12)11(13)10(6-8)14-3;1-3-8(2)9-4-6-10(11)7-5-9;;;;;;;;;;;;/h12-16H,6-11H2,1-5H3;10-13,15H,4-9H2,1-3H3;11,18-19H,4-10H2,1-3H3;11H,6-10H2,1-5H3;5-7,13H,4H2,1-3H3;4-8,11H,3H2,1-2H3;12*1H4. The molecule has 18 heteroatoms. The van der Waals surface area contributed by atoms with Gasteiger partial charge in [0, 0.05) is 25.2 Å². The van der Waals surface area contributed by atoms with Crippen molar-refractivity contribution < 1.29 is 82.4 Å². The van der Waals surface area contributed by atoms with Gasteiger partial charge in [-0.3, -0.25) is 24.0 Å². The summed E-state index contributed by atoms with van der Waals surface area (Å²) in [5.74, 6) is 5.73. The van der Waals surface area contributed by atoms with Crippen LogP contribution in [-0.2, 0) is 57.2 Å². The van der Waals surface area contributed by atoms with Crippen molar-refractivity contribution in [3.8, 4) is 17.2 Å². The van der Waals surface area contributed by atoms with Crippen LogP contribution in [-0.4, -0.2) is 110 Å². The molecule has 696 valence electrons. The van der Waals surface area contributed by atoms with Gasteiger partial charge in [0.05, 0.1) is 49.5 Å². The summed E-state index contributed by atoms with van der Waals surface area (Å²) in [6.45, 7) is 40.5. The molecule has 13 fully saturated rings. The van der Waals surface area contributed by atoms with Crippen molar-refractivity contribution in [2.75, 3.05) is 13.7 Å². The fourth-order valence-corrected chi connectivity index (χ4v) is 19.7. The van der Waals surface area contributed by atoms with Gasteiger partial charge in [-0.25, -0.2) is 4.79 Å². The van der Waals surface area contributed by atoms with Gasteiger partial charge in [-0.1, -0.05) is 184 Å². The summed E-state index contributed by atoms with van der Waals surface area (Å²) >= 11 is 2.12. The average molecular weight is 1790 g/mol. The molecule has 2 aromatic rings. The first-order valence-electron chi connectivity index (χ1n) is 40.9. The maximum Gasteiger partial charge on any atom is 0.344 e. The molecule has 11 aliphatic carbocycles. The van der Waals surface area contributed by atoms with Crippen molar-refractivity contribution in [3.63, 3.8) is 0 Å². The highest BCUT2D eigenvalue weighted by Crippen LogP contribution is 2.63. The fourth-order valence-electron chi connectivity index (χ4n) is 19.1. The Hall–Kier alpha value is -4.69. The number of rotatable bonds is 21. The average Bonchev–Trinajstić information content (AvgIpc) is 0.781. The molecule has 12 bridgehead atoms. The van der Waals surface area contributed by atoms with E-state index in [9.17, 15) is 44.1 Å². The molecule has 0 aromatic heterocycles. The Kier molecular flexibility index (Phi) is 52.9. The smallest absolute Gasteiger partial charge is 0.344 e. The maximum atomic E-state index is 12.8. The molecule has 2 aromatic carbocycles. The number of carbonyl (C=O) groups excluding carboxylic acids is 6. The lowest BCUT2D eigenvalue weighted by Gasteiger charge is -2.62. The normalized spacial score (nSPS) is 27.7. The van der Waals surface area contributed by atoms with Crippen molar-refractivity contribution in [3.05, 3.63) is 51.1 Å². The minimum absolute atomic E-state index is 0. The largest absolute Gasteiger partial charge is 0.508 e. The van der Waals surface area contributed by atoms with E-state index in [1.54, 1.807) is 33.1 Å². The molecule has 2 heterocycles. The fraction of sp³-hybridized carbons (Fsp3) is 0.820. The highest BCUT2D eigenvalue weighted by molar-refractivity contribution is 14.1. The molecule has 0 radical (unpaired) electrons. The first-order valence-corrected chi connectivity index (χ1v) is 42.0. The van der Waals surface area contributed by atoms with Gasteiger partial charge in [0.15, 0.2) is 18.1 Å². The van der Waals surface area contributed by atoms with E-state index in [2.05, 4.69) is 84.9 Å². The van der Waals surface area contributed by atoms with E-state index >= 15 is 0 Å². The lowest BCUT2D eigenvalue weighted by molar-refractivity contribution is -0.264. The van der Waals surface area contributed by atoms with E-state index in [4.69, 9.17) is 38.3 Å². The Labute approximate surface area is 739 Å². The van der Waals surface area contributed by atoms with Crippen LogP contribution in [0.25, 0.3) is 0 Å². The van der Waals surface area contributed by atoms with Crippen molar-refractivity contribution in [2.24, 2.45) is 80.8 Å². The molecule has 0 spiro atoms. The number of carbonyl (C=O) groups is 6. The number of hydrogen-bond donors (Lipinski definition) is 4. The monoisotopic (exact) mass is 1790 g/mol. The van der Waals surface area contributed by atoms with E-state index in [-0.39, 0.29) is 171 Å². The molecular formula is C100H187IO17. The van der Waals surface area contributed by atoms with Crippen LogP contribution in [0.1, 0.15) is 411 Å².